The topological polar surface area (TPSA) is 40.6 Å². The summed E-state index contributed by atoms with van der Waals surface area (Å²) in [4.78, 5) is 25.1. The van der Waals surface area contributed by atoms with Crippen LogP contribution in [0.4, 0.5) is 11.4 Å². The molecule has 0 fully saturated rings. The molecule has 0 aliphatic heterocycles. The Morgan fingerprint density at radius 3 is 1.79 bits per heavy atom. The Kier molecular flexibility index (Phi) is 17.3. The van der Waals surface area contributed by atoms with Crippen molar-refractivity contribution in [3.63, 3.8) is 0 Å². The van der Waals surface area contributed by atoms with Crippen LogP contribution in [0, 0.1) is 27.7 Å². The van der Waals surface area contributed by atoms with Gasteiger partial charge in [0.1, 0.15) is 6.29 Å². The third-order valence-corrected chi connectivity index (χ3v) is 3.86. The van der Waals surface area contributed by atoms with Crippen molar-refractivity contribution in [2.45, 2.75) is 0 Å². The van der Waals surface area contributed by atoms with Crippen molar-refractivity contribution < 1.29 is 51.7 Å². The average Bonchev–Trinajstić information content (AvgIpc) is 2.71. The summed E-state index contributed by atoms with van der Waals surface area (Å²) in [7, 11) is 0. The molecular formula is C22H26N2O2W2. The molecule has 4 nitrogen and oxygen atoms in total. The third-order valence-electron chi connectivity index (χ3n) is 3.86. The van der Waals surface area contributed by atoms with Crippen molar-refractivity contribution in [1.29, 1.82) is 0 Å². The normalized spacial score (nSPS) is 9.00. The minimum Gasteiger partial charge on any atom is -0.432 e. The van der Waals surface area contributed by atoms with Crippen molar-refractivity contribution in [2.24, 2.45) is 0 Å². The Balaban J connectivity index is 0. The zero-order valence-corrected chi connectivity index (χ0v) is 21.8. The van der Waals surface area contributed by atoms with E-state index in [4.69, 9.17) is 0 Å². The van der Waals surface area contributed by atoms with Gasteiger partial charge < -0.3 is 37.5 Å². The molecule has 2 rings (SSSR count). The Bertz CT molecular complexity index is 688. The number of carbonyl (C=O) groups is 2. The van der Waals surface area contributed by atoms with Gasteiger partial charge in [-0.25, -0.2) is 0 Å². The molecule has 0 bridgehead atoms. The van der Waals surface area contributed by atoms with Crippen molar-refractivity contribution in [2.75, 3.05) is 36.0 Å². The first kappa shape index (κ1) is 29.0. The first-order chi connectivity index (χ1) is 12.6. The smallest absolute Gasteiger partial charge is 0.432 e. The Morgan fingerprint density at radius 2 is 1.29 bits per heavy atom. The SMILES string of the molecule is [CH2-]CN(C[CH2-])c1cccc(C=O)c1.[CH2-]CN(C[CH2-])c1ccccc1C=O.[W+2].[W+2]. The number of carbonyl (C=O) groups excluding carboxylic acids is 2. The molecule has 28 heavy (non-hydrogen) atoms. The van der Waals surface area contributed by atoms with E-state index in [1.54, 1.807) is 12.1 Å². The molecule has 0 N–H and O–H groups in total. The van der Waals surface area contributed by atoms with E-state index in [1.807, 2.05) is 46.2 Å². The van der Waals surface area contributed by atoms with Gasteiger partial charge in [0.2, 0.25) is 0 Å². The monoisotopic (exact) mass is 718 g/mol. The number of rotatable bonds is 8. The molecule has 0 saturated heterocycles. The zero-order chi connectivity index (χ0) is 19.4. The van der Waals surface area contributed by atoms with Crippen LogP contribution in [0.5, 0.6) is 0 Å². The molecule has 0 aliphatic carbocycles. The van der Waals surface area contributed by atoms with E-state index in [9.17, 15) is 9.59 Å². The minimum absolute atomic E-state index is 0. The van der Waals surface area contributed by atoms with Crippen LogP contribution in [-0.4, -0.2) is 38.8 Å². The van der Waals surface area contributed by atoms with Gasteiger partial charge in [0, 0.05) is 22.5 Å². The molecule has 0 amide bonds. The maximum absolute atomic E-state index is 10.7. The maximum Gasteiger partial charge on any atom is 2.00 e. The summed E-state index contributed by atoms with van der Waals surface area (Å²) in [6.45, 7) is 17.7. The third kappa shape index (κ3) is 8.84. The predicted molar refractivity (Wildman–Crippen MR) is 110 cm³/mol. The molecule has 0 aromatic heterocycles. The summed E-state index contributed by atoms with van der Waals surface area (Å²) in [6.07, 6.45) is 1.70. The zero-order valence-electron chi connectivity index (χ0n) is 16.0. The number of aldehydes is 2. The summed E-state index contributed by atoms with van der Waals surface area (Å²) in [6, 6.07) is 14.9. The van der Waals surface area contributed by atoms with Crippen LogP contribution >= 0.6 is 0 Å². The van der Waals surface area contributed by atoms with Crippen LogP contribution in [0.2, 0.25) is 0 Å². The summed E-state index contributed by atoms with van der Waals surface area (Å²) < 4.78 is 0. The number of benzene rings is 2. The molecule has 148 valence electrons. The molecule has 6 heteroatoms. The average molecular weight is 718 g/mol. The van der Waals surface area contributed by atoms with Crippen LogP contribution in [-0.2, 0) is 42.1 Å². The van der Waals surface area contributed by atoms with E-state index >= 15 is 0 Å². The maximum atomic E-state index is 10.7. The van der Waals surface area contributed by atoms with Gasteiger partial charge in [0.25, 0.3) is 0 Å². The van der Waals surface area contributed by atoms with Gasteiger partial charge >= 0.3 is 42.1 Å². The molecule has 0 atom stereocenters. The molecule has 0 spiro atoms. The molecule has 0 radical (unpaired) electrons. The summed E-state index contributed by atoms with van der Waals surface area (Å²) in [5.74, 6) is 0. The Morgan fingerprint density at radius 1 is 0.714 bits per heavy atom. The van der Waals surface area contributed by atoms with E-state index in [0.717, 1.165) is 23.9 Å². The van der Waals surface area contributed by atoms with Crippen LogP contribution in [0.25, 0.3) is 0 Å². The number of para-hydroxylation sites is 1. The summed E-state index contributed by atoms with van der Waals surface area (Å²) >= 11 is 0. The first-order valence-electron chi connectivity index (χ1n) is 8.41. The largest absolute Gasteiger partial charge is 2.00 e. The van der Waals surface area contributed by atoms with Crippen molar-refractivity contribution in [3.8, 4) is 0 Å². The molecule has 0 heterocycles. The summed E-state index contributed by atoms with van der Waals surface area (Å²) in [5, 5.41) is 0. The molecule has 2 aromatic rings. The second-order valence-electron chi connectivity index (χ2n) is 5.36. The quantitative estimate of drug-likeness (QED) is 0.307. The predicted octanol–water partition coefficient (Wildman–Crippen LogP) is 3.94. The molecule has 2 aromatic carbocycles. The Hall–Kier alpha value is -1.24. The van der Waals surface area contributed by atoms with Crippen molar-refractivity contribution >= 4 is 23.9 Å². The molecular weight excluding hydrogens is 692 g/mol. The van der Waals surface area contributed by atoms with Crippen molar-refractivity contribution in [1.82, 2.24) is 0 Å². The summed E-state index contributed by atoms with van der Waals surface area (Å²) in [5.41, 5.74) is 3.27. The fourth-order valence-electron chi connectivity index (χ4n) is 2.39. The fourth-order valence-corrected chi connectivity index (χ4v) is 2.39. The first-order valence-corrected chi connectivity index (χ1v) is 8.41. The fraction of sp³-hybridized carbons (Fsp3) is 0.182. The number of hydrogen-bond donors (Lipinski definition) is 0. The van der Waals surface area contributed by atoms with E-state index < -0.39 is 0 Å². The standard InChI is InChI=1S/2C11H13NO.2W/c1-3-12(4-2)11-7-5-6-10(8-11)9-13;1-3-12(4-2)11-8-6-5-7-10(11)9-13;;/h2*5-9H,1-4H2;;/q2*-2;2*+2. The van der Waals surface area contributed by atoms with E-state index in [2.05, 4.69) is 27.7 Å². The van der Waals surface area contributed by atoms with E-state index in [1.165, 1.54) is 0 Å². The van der Waals surface area contributed by atoms with E-state index in [-0.39, 0.29) is 42.1 Å². The van der Waals surface area contributed by atoms with Gasteiger partial charge in [-0.3, -0.25) is 9.59 Å². The number of anilines is 2. The van der Waals surface area contributed by atoms with Crippen LogP contribution in [0.3, 0.4) is 0 Å². The Labute approximate surface area is 198 Å². The van der Waals surface area contributed by atoms with E-state index in [0.29, 0.717) is 37.3 Å². The van der Waals surface area contributed by atoms with Gasteiger partial charge in [-0.1, -0.05) is 24.3 Å². The number of nitrogens with zero attached hydrogens (tertiary/aromatic N) is 2. The van der Waals surface area contributed by atoms with Crippen LogP contribution < -0.4 is 9.80 Å². The van der Waals surface area contributed by atoms with Gasteiger partial charge in [-0.05, 0) is 24.3 Å². The molecule has 0 aliphatic rings. The molecule has 0 saturated carbocycles. The van der Waals surface area contributed by atoms with Crippen LogP contribution in [0.1, 0.15) is 20.7 Å². The minimum atomic E-state index is 0. The van der Waals surface area contributed by atoms with Gasteiger partial charge in [-0.2, -0.15) is 0 Å². The van der Waals surface area contributed by atoms with Crippen molar-refractivity contribution in [3.05, 3.63) is 87.4 Å². The van der Waals surface area contributed by atoms with Gasteiger partial charge in [-0.15, -0.1) is 26.2 Å². The van der Waals surface area contributed by atoms with Crippen LogP contribution in [0.15, 0.2) is 48.5 Å². The second kappa shape index (κ2) is 16.7. The van der Waals surface area contributed by atoms with Gasteiger partial charge in [0.05, 0.1) is 0 Å². The van der Waals surface area contributed by atoms with Gasteiger partial charge in [0.15, 0.2) is 6.29 Å². The second-order valence-corrected chi connectivity index (χ2v) is 5.36. The number of hydrogen-bond acceptors (Lipinski definition) is 4. The molecule has 0 unspecified atom stereocenters.